The number of amides is 2. The maximum absolute atomic E-state index is 12.5. The molecule has 3 fully saturated rings. The molecule has 9 heteroatoms. The zero-order chi connectivity index (χ0) is 16.2. The van der Waals surface area contributed by atoms with Gasteiger partial charge in [0.15, 0.2) is 0 Å². The average Bonchev–Trinajstić information content (AvgIpc) is 3.15. The molecule has 2 amide bonds. The minimum absolute atomic E-state index is 0. The first-order valence-corrected chi connectivity index (χ1v) is 8.81. The molecule has 0 aromatic carbocycles. The van der Waals surface area contributed by atoms with E-state index in [1.807, 2.05) is 16.7 Å². The third-order valence-electron chi connectivity index (χ3n) is 5.15. The predicted octanol–water partition coefficient (Wildman–Crippen LogP) is -0.0265. The molecule has 0 bridgehead atoms. The van der Waals surface area contributed by atoms with Crippen molar-refractivity contribution >= 4 is 36.6 Å². The number of morpholine rings is 1. The lowest BCUT2D eigenvalue weighted by molar-refractivity contribution is -0.148. The van der Waals surface area contributed by atoms with E-state index in [-0.39, 0.29) is 48.8 Å². The highest BCUT2D eigenvalue weighted by Gasteiger charge is 2.33. The fourth-order valence-corrected chi connectivity index (χ4v) is 3.62. The molecule has 2 unspecified atom stereocenters. The molecular formula is C16H30Cl2N4O3. The van der Waals surface area contributed by atoms with Crippen LogP contribution in [0.5, 0.6) is 0 Å². The van der Waals surface area contributed by atoms with Gasteiger partial charge in [0.05, 0.1) is 12.6 Å². The Hall–Kier alpha value is -0.600. The Morgan fingerprint density at radius 1 is 1.00 bits per heavy atom. The van der Waals surface area contributed by atoms with Gasteiger partial charge in [-0.2, -0.15) is 0 Å². The number of carbonyl (C=O) groups is 2. The SMILES string of the molecule is CC(C(=O)N1CCCC1)N1CCN(C(=O)C2CNCCO2)CC1.Cl.Cl. The van der Waals surface area contributed by atoms with Gasteiger partial charge in [-0.3, -0.25) is 14.5 Å². The number of ether oxygens (including phenoxy) is 1. The number of likely N-dealkylation sites (tertiary alicyclic amines) is 1. The third-order valence-corrected chi connectivity index (χ3v) is 5.15. The van der Waals surface area contributed by atoms with E-state index in [2.05, 4.69) is 10.2 Å². The number of nitrogens with one attached hydrogen (secondary N) is 1. The summed E-state index contributed by atoms with van der Waals surface area (Å²) in [5.74, 6) is 0.317. The van der Waals surface area contributed by atoms with E-state index in [0.29, 0.717) is 26.2 Å². The van der Waals surface area contributed by atoms with Crippen LogP contribution in [0.3, 0.4) is 0 Å². The number of carbonyl (C=O) groups excluding carboxylic acids is 2. The lowest BCUT2D eigenvalue weighted by Crippen LogP contribution is -2.58. The first-order valence-electron chi connectivity index (χ1n) is 8.81. The molecule has 1 N–H and O–H groups in total. The van der Waals surface area contributed by atoms with Crippen LogP contribution in [0.2, 0.25) is 0 Å². The van der Waals surface area contributed by atoms with Crippen LogP contribution in [0.1, 0.15) is 19.8 Å². The highest BCUT2D eigenvalue weighted by molar-refractivity contribution is 5.85. The number of hydrogen-bond donors (Lipinski definition) is 1. The first-order chi connectivity index (χ1) is 11.2. The number of hydrogen-bond acceptors (Lipinski definition) is 5. The maximum Gasteiger partial charge on any atom is 0.253 e. The van der Waals surface area contributed by atoms with Crippen molar-refractivity contribution in [1.29, 1.82) is 0 Å². The highest BCUT2D eigenvalue weighted by atomic mass is 35.5. The lowest BCUT2D eigenvalue weighted by Gasteiger charge is -2.39. The van der Waals surface area contributed by atoms with Crippen molar-refractivity contribution < 1.29 is 14.3 Å². The summed E-state index contributed by atoms with van der Waals surface area (Å²) in [4.78, 5) is 31.0. The van der Waals surface area contributed by atoms with Crippen LogP contribution in [0.15, 0.2) is 0 Å². The molecule has 0 aromatic rings. The molecule has 3 aliphatic heterocycles. The van der Waals surface area contributed by atoms with Crippen LogP contribution in [0, 0.1) is 0 Å². The molecule has 3 aliphatic rings. The Morgan fingerprint density at radius 3 is 2.20 bits per heavy atom. The van der Waals surface area contributed by atoms with E-state index in [0.717, 1.165) is 45.6 Å². The number of rotatable bonds is 3. The molecule has 25 heavy (non-hydrogen) atoms. The quantitative estimate of drug-likeness (QED) is 0.725. The van der Waals surface area contributed by atoms with Gasteiger partial charge in [0.2, 0.25) is 5.91 Å². The Morgan fingerprint density at radius 2 is 1.64 bits per heavy atom. The monoisotopic (exact) mass is 396 g/mol. The lowest BCUT2D eigenvalue weighted by atomic mass is 10.2. The van der Waals surface area contributed by atoms with Gasteiger partial charge >= 0.3 is 0 Å². The van der Waals surface area contributed by atoms with Crippen molar-refractivity contribution in [3.05, 3.63) is 0 Å². The van der Waals surface area contributed by atoms with E-state index in [4.69, 9.17) is 4.74 Å². The van der Waals surface area contributed by atoms with E-state index in [1.54, 1.807) is 0 Å². The van der Waals surface area contributed by atoms with Crippen LogP contribution >= 0.6 is 24.8 Å². The summed E-state index contributed by atoms with van der Waals surface area (Å²) in [5.41, 5.74) is 0. The van der Waals surface area contributed by atoms with Gasteiger partial charge in [0.1, 0.15) is 6.10 Å². The number of halogens is 2. The summed E-state index contributed by atoms with van der Waals surface area (Å²) in [7, 11) is 0. The number of nitrogens with zero attached hydrogens (tertiary/aromatic N) is 3. The maximum atomic E-state index is 12.5. The van der Waals surface area contributed by atoms with E-state index in [1.165, 1.54) is 0 Å². The van der Waals surface area contributed by atoms with Crippen molar-refractivity contribution in [2.45, 2.75) is 31.9 Å². The fourth-order valence-electron chi connectivity index (χ4n) is 3.62. The topological polar surface area (TPSA) is 65.1 Å². The van der Waals surface area contributed by atoms with Gasteiger partial charge in [-0.15, -0.1) is 24.8 Å². The Kier molecular flexibility index (Phi) is 9.45. The first kappa shape index (κ1) is 22.4. The van der Waals surface area contributed by atoms with Crippen LogP contribution in [0.25, 0.3) is 0 Å². The van der Waals surface area contributed by atoms with Gasteiger partial charge in [0.25, 0.3) is 5.91 Å². The summed E-state index contributed by atoms with van der Waals surface area (Å²) in [5, 5.41) is 3.19. The van der Waals surface area contributed by atoms with E-state index >= 15 is 0 Å². The molecule has 7 nitrogen and oxygen atoms in total. The fraction of sp³-hybridized carbons (Fsp3) is 0.875. The van der Waals surface area contributed by atoms with Gasteiger partial charge in [-0.25, -0.2) is 0 Å². The normalized spacial score (nSPS) is 25.7. The number of piperazine rings is 1. The summed E-state index contributed by atoms with van der Waals surface area (Å²) in [6.07, 6.45) is 1.89. The van der Waals surface area contributed by atoms with Crippen molar-refractivity contribution in [2.24, 2.45) is 0 Å². The van der Waals surface area contributed by atoms with Crippen LogP contribution < -0.4 is 5.32 Å². The van der Waals surface area contributed by atoms with Crippen molar-refractivity contribution in [3.8, 4) is 0 Å². The summed E-state index contributed by atoms with van der Waals surface area (Å²) < 4.78 is 5.54. The Balaban J connectivity index is 0.00000156. The molecule has 0 saturated carbocycles. The molecule has 0 radical (unpaired) electrons. The molecule has 2 atom stereocenters. The zero-order valence-corrected chi connectivity index (χ0v) is 16.4. The standard InChI is InChI=1S/C16H28N4O3.2ClH/c1-13(15(21)19-5-2-3-6-19)18-7-9-20(10-8-18)16(22)14-12-17-4-11-23-14;;/h13-14,17H,2-12H2,1H3;2*1H. The summed E-state index contributed by atoms with van der Waals surface area (Å²) in [6, 6.07) is -0.0852. The second-order valence-corrected chi connectivity index (χ2v) is 6.63. The molecule has 0 spiro atoms. The van der Waals surface area contributed by atoms with Crippen LogP contribution in [0.4, 0.5) is 0 Å². The molecule has 3 saturated heterocycles. The molecule has 0 aliphatic carbocycles. The zero-order valence-electron chi connectivity index (χ0n) is 14.8. The van der Waals surface area contributed by atoms with Gasteiger partial charge in [0, 0.05) is 52.4 Å². The molecule has 3 rings (SSSR count). The Bertz CT molecular complexity index is 435. The summed E-state index contributed by atoms with van der Waals surface area (Å²) in [6.45, 7) is 8.66. The van der Waals surface area contributed by atoms with Crippen molar-refractivity contribution in [2.75, 3.05) is 59.0 Å². The second kappa shape index (κ2) is 10.5. The van der Waals surface area contributed by atoms with E-state index < -0.39 is 0 Å². The largest absolute Gasteiger partial charge is 0.366 e. The van der Waals surface area contributed by atoms with Gasteiger partial charge in [-0.1, -0.05) is 0 Å². The third kappa shape index (κ3) is 5.44. The molecular weight excluding hydrogens is 367 g/mol. The van der Waals surface area contributed by atoms with E-state index in [9.17, 15) is 9.59 Å². The second-order valence-electron chi connectivity index (χ2n) is 6.63. The molecule has 0 aromatic heterocycles. The van der Waals surface area contributed by atoms with Gasteiger partial charge in [-0.05, 0) is 19.8 Å². The minimum Gasteiger partial charge on any atom is -0.366 e. The highest BCUT2D eigenvalue weighted by Crippen LogP contribution is 2.14. The smallest absolute Gasteiger partial charge is 0.253 e. The minimum atomic E-state index is -0.348. The van der Waals surface area contributed by atoms with Crippen molar-refractivity contribution in [1.82, 2.24) is 20.0 Å². The van der Waals surface area contributed by atoms with Gasteiger partial charge < -0.3 is 19.9 Å². The Labute approximate surface area is 162 Å². The molecule has 146 valence electrons. The average molecular weight is 397 g/mol. The van der Waals surface area contributed by atoms with Crippen LogP contribution in [-0.2, 0) is 14.3 Å². The van der Waals surface area contributed by atoms with Crippen molar-refractivity contribution in [3.63, 3.8) is 0 Å². The predicted molar refractivity (Wildman–Crippen MR) is 101 cm³/mol. The molecule has 3 heterocycles. The van der Waals surface area contributed by atoms with Crippen LogP contribution in [-0.4, -0.2) is 97.6 Å². The summed E-state index contributed by atoms with van der Waals surface area (Å²) >= 11 is 0.